The number of carbonyl (C=O) groups is 1. The Kier molecular flexibility index (Phi) is 5.82. The fourth-order valence-corrected chi connectivity index (χ4v) is 3.87. The zero-order valence-electron chi connectivity index (χ0n) is 13.6. The summed E-state index contributed by atoms with van der Waals surface area (Å²) < 4.78 is 26.4. The van der Waals surface area contributed by atoms with Gasteiger partial charge in [-0.1, -0.05) is 25.1 Å². The van der Waals surface area contributed by atoms with E-state index in [9.17, 15) is 13.2 Å². The molecule has 0 saturated carbocycles. The smallest absolute Gasteiger partial charge is 0.232 e. The number of sulfonamides is 1. The SMILES string of the molecule is CCCS(=O)(=O)Nc1cccc(NC(=O)CC2C=CCC2)c1C. The standard InChI is InChI=1S/C17H24N2O3S/c1-3-11-23(21,22)19-16-10-6-9-15(13(16)2)18-17(20)12-14-7-4-5-8-14/h4,6-7,9-10,14,19H,3,5,8,11-12H2,1-2H3,(H,18,20). The lowest BCUT2D eigenvalue weighted by atomic mass is 10.0. The summed E-state index contributed by atoms with van der Waals surface area (Å²) in [6, 6.07) is 5.23. The Bertz CT molecular complexity index is 696. The van der Waals surface area contributed by atoms with E-state index in [4.69, 9.17) is 0 Å². The number of hydrogen-bond acceptors (Lipinski definition) is 3. The van der Waals surface area contributed by atoms with Gasteiger partial charge in [-0.3, -0.25) is 9.52 Å². The molecule has 1 amide bonds. The summed E-state index contributed by atoms with van der Waals surface area (Å²) in [5.74, 6) is 0.344. The first-order chi connectivity index (χ1) is 10.9. The molecule has 126 valence electrons. The molecule has 23 heavy (non-hydrogen) atoms. The molecule has 1 atom stereocenters. The van der Waals surface area contributed by atoms with Crippen molar-refractivity contribution >= 4 is 27.3 Å². The van der Waals surface area contributed by atoms with Gasteiger partial charge in [0.2, 0.25) is 15.9 Å². The average molecular weight is 336 g/mol. The number of nitrogens with one attached hydrogen (secondary N) is 2. The third kappa shape index (κ3) is 5.10. The first-order valence-corrected chi connectivity index (χ1v) is 9.63. The highest BCUT2D eigenvalue weighted by Gasteiger charge is 2.16. The maximum absolute atomic E-state index is 12.1. The summed E-state index contributed by atoms with van der Waals surface area (Å²) in [6.07, 6.45) is 7.25. The molecule has 1 unspecified atom stereocenters. The van der Waals surface area contributed by atoms with E-state index >= 15 is 0 Å². The molecule has 1 aliphatic rings. The van der Waals surface area contributed by atoms with E-state index in [1.807, 2.05) is 6.92 Å². The van der Waals surface area contributed by atoms with Gasteiger partial charge in [0, 0.05) is 12.1 Å². The summed E-state index contributed by atoms with van der Waals surface area (Å²) >= 11 is 0. The molecule has 5 nitrogen and oxygen atoms in total. The fourth-order valence-electron chi connectivity index (χ4n) is 2.67. The number of anilines is 2. The van der Waals surface area contributed by atoms with Crippen molar-refractivity contribution in [3.8, 4) is 0 Å². The summed E-state index contributed by atoms with van der Waals surface area (Å²) in [5.41, 5.74) is 1.88. The largest absolute Gasteiger partial charge is 0.326 e. The fraction of sp³-hybridized carbons (Fsp3) is 0.471. The molecule has 6 heteroatoms. The number of benzene rings is 1. The Morgan fingerprint density at radius 1 is 1.30 bits per heavy atom. The van der Waals surface area contributed by atoms with Crippen molar-refractivity contribution < 1.29 is 13.2 Å². The Morgan fingerprint density at radius 2 is 2.04 bits per heavy atom. The number of rotatable bonds is 7. The lowest BCUT2D eigenvalue weighted by Gasteiger charge is -2.15. The van der Waals surface area contributed by atoms with Crippen LogP contribution in [0.15, 0.2) is 30.4 Å². The number of carbonyl (C=O) groups excluding carboxylic acids is 1. The highest BCUT2D eigenvalue weighted by atomic mass is 32.2. The molecule has 2 rings (SSSR count). The lowest BCUT2D eigenvalue weighted by molar-refractivity contribution is -0.116. The van der Waals surface area contributed by atoms with Gasteiger partial charge in [0.25, 0.3) is 0 Å². The molecular formula is C17H24N2O3S. The minimum atomic E-state index is -3.34. The van der Waals surface area contributed by atoms with Crippen LogP contribution in [-0.2, 0) is 14.8 Å². The van der Waals surface area contributed by atoms with Crippen molar-refractivity contribution in [1.29, 1.82) is 0 Å². The molecule has 1 aliphatic carbocycles. The van der Waals surface area contributed by atoms with Crippen LogP contribution in [-0.4, -0.2) is 20.1 Å². The van der Waals surface area contributed by atoms with Crippen LogP contribution in [0.3, 0.4) is 0 Å². The summed E-state index contributed by atoms with van der Waals surface area (Å²) in [7, 11) is -3.34. The van der Waals surface area contributed by atoms with Crippen LogP contribution >= 0.6 is 0 Å². The predicted octanol–water partition coefficient (Wildman–Crippen LogP) is 3.44. The molecule has 0 saturated heterocycles. The van der Waals surface area contributed by atoms with Gasteiger partial charge in [-0.2, -0.15) is 0 Å². The van der Waals surface area contributed by atoms with Crippen molar-refractivity contribution in [2.75, 3.05) is 15.8 Å². The molecule has 1 aromatic carbocycles. The zero-order valence-corrected chi connectivity index (χ0v) is 14.4. The van der Waals surface area contributed by atoms with E-state index in [2.05, 4.69) is 22.2 Å². The van der Waals surface area contributed by atoms with Gasteiger partial charge in [-0.05, 0) is 49.8 Å². The average Bonchev–Trinajstić information content (AvgIpc) is 2.95. The van der Waals surface area contributed by atoms with E-state index < -0.39 is 10.0 Å². The molecule has 0 aromatic heterocycles. The van der Waals surface area contributed by atoms with Crippen LogP contribution in [0, 0.1) is 12.8 Å². The Hall–Kier alpha value is -1.82. The summed E-state index contributed by atoms with van der Waals surface area (Å²) in [5, 5.41) is 2.89. The third-order valence-electron chi connectivity index (χ3n) is 3.91. The van der Waals surface area contributed by atoms with Gasteiger partial charge in [0.05, 0.1) is 11.4 Å². The van der Waals surface area contributed by atoms with Gasteiger partial charge in [0.1, 0.15) is 0 Å². The van der Waals surface area contributed by atoms with Crippen molar-refractivity contribution in [1.82, 2.24) is 0 Å². The van der Waals surface area contributed by atoms with Crippen molar-refractivity contribution in [3.05, 3.63) is 35.9 Å². The monoisotopic (exact) mass is 336 g/mol. The zero-order chi connectivity index (χ0) is 16.9. The van der Waals surface area contributed by atoms with Crippen LogP contribution in [0.4, 0.5) is 11.4 Å². The Morgan fingerprint density at radius 3 is 2.70 bits per heavy atom. The van der Waals surface area contributed by atoms with E-state index in [0.717, 1.165) is 18.4 Å². The second kappa shape index (κ2) is 7.64. The number of allylic oxidation sites excluding steroid dienone is 2. The number of amides is 1. The Labute approximate surface area is 138 Å². The summed E-state index contributed by atoms with van der Waals surface area (Å²) in [6.45, 7) is 3.62. The topological polar surface area (TPSA) is 75.3 Å². The molecule has 0 radical (unpaired) electrons. The van der Waals surface area contributed by atoms with Crippen LogP contribution < -0.4 is 10.0 Å². The van der Waals surface area contributed by atoms with Crippen LogP contribution in [0.5, 0.6) is 0 Å². The number of hydrogen-bond donors (Lipinski definition) is 2. The molecule has 1 aromatic rings. The van der Waals surface area contributed by atoms with Gasteiger partial charge < -0.3 is 5.32 Å². The predicted molar refractivity (Wildman–Crippen MR) is 94.0 cm³/mol. The normalized spacial score (nSPS) is 17.2. The van der Waals surface area contributed by atoms with E-state index in [1.165, 1.54) is 0 Å². The molecule has 0 fully saturated rings. The maximum Gasteiger partial charge on any atom is 0.232 e. The minimum absolute atomic E-state index is 0.0433. The van der Waals surface area contributed by atoms with Crippen LogP contribution in [0.2, 0.25) is 0 Å². The molecule has 0 bridgehead atoms. The highest BCUT2D eigenvalue weighted by Crippen LogP contribution is 2.26. The molecule has 0 spiro atoms. The summed E-state index contributed by atoms with van der Waals surface area (Å²) in [4.78, 5) is 12.1. The van der Waals surface area contributed by atoms with Crippen molar-refractivity contribution in [3.63, 3.8) is 0 Å². The molecule has 0 heterocycles. The molecule has 2 N–H and O–H groups in total. The van der Waals surface area contributed by atoms with Crippen LogP contribution in [0.1, 0.15) is 38.2 Å². The first-order valence-electron chi connectivity index (χ1n) is 7.98. The van der Waals surface area contributed by atoms with E-state index in [0.29, 0.717) is 30.1 Å². The second-order valence-electron chi connectivity index (χ2n) is 5.92. The van der Waals surface area contributed by atoms with E-state index in [-0.39, 0.29) is 11.7 Å². The van der Waals surface area contributed by atoms with Gasteiger partial charge in [0.15, 0.2) is 0 Å². The molecule has 0 aliphatic heterocycles. The quantitative estimate of drug-likeness (QED) is 0.749. The van der Waals surface area contributed by atoms with Crippen molar-refractivity contribution in [2.24, 2.45) is 5.92 Å². The second-order valence-corrected chi connectivity index (χ2v) is 7.76. The lowest BCUT2D eigenvalue weighted by Crippen LogP contribution is -2.18. The minimum Gasteiger partial charge on any atom is -0.326 e. The van der Waals surface area contributed by atoms with Gasteiger partial charge in [-0.15, -0.1) is 0 Å². The first kappa shape index (κ1) is 17.5. The van der Waals surface area contributed by atoms with E-state index in [1.54, 1.807) is 25.1 Å². The van der Waals surface area contributed by atoms with Crippen LogP contribution in [0.25, 0.3) is 0 Å². The van der Waals surface area contributed by atoms with Gasteiger partial charge in [-0.25, -0.2) is 8.42 Å². The van der Waals surface area contributed by atoms with Gasteiger partial charge >= 0.3 is 0 Å². The Balaban J connectivity index is 2.06. The maximum atomic E-state index is 12.1. The molecular weight excluding hydrogens is 312 g/mol. The highest BCUT2D eigenvalue weighted by molar-refractivity contribution is 7.92. The third-order valence-corrected chi connectivity index (χ3v) is 5.38. The van der Waals surface area contributed by atoms with Crippen molar-refractivity contribution in [2.45, 2.75) is 39.5 Å².